The van der Waals surface area contributed by atoms with E-state index in [0.717, 1.165) is 19.3 Å². The standard InChI is InChI=1S/C7H12O2.C7H12/c1-3-4-5-6-9-7(2)8;1-4-5-6-7(2)3/h4-5H,3,6H2,1-2H3;4H,1-2,5-6H2,3H3/b5-4-;. The highest BCUT2D eigenvalue weighted by molar-refractivity contribution is 5.65. The minimum absolute atomic E-state index is 0.226. The maximum Gasteiger partial charge on any atom is 0.302 e. The van der Waals surface area contributed by atoms with Crippen LogP contribution in [0.25, 0.3) is 0 Å². The van der Waals surface area contributed by atoms with Gasteiger partial charge in [0.1, 0.15) is 6.61 Å². The quantitative estimate of drug-likeness (QED) is 0.502. The Kier molecular flexibility index (Phi) is 14.6. The third kappa shape index (κ3) is 23.0. The number of hydrogen-bond donors (Lipinski definition) is 0. The fraction of sp³-hybridized carbons (Fsp3) is 0.500. The van der Waals surface area contributed by atoms with Crippen LogP contribution >= 0.6 is 0 Å². The number of hydrogen-bond acceptors (Lipinski definition) is 2. The van der Waals surface area contributed by atoms with E-state index in [0.29, 0.717) is 6.61 Å². The minimum atomic E-state index is -0.226. The van der Waals surface area contributed by atoms with Crippen LogP contribution in [-0.4, -0.2) is 12.6 Å². The van der Waals surface area contributed by atoms with Gasteiger partial charge in [0.15, 0.2) is 0 Å². The van der Waals surface area contributed by atoms with E-state index in [9.17, 15) is 4.79 Å². The van der Waals surface area contributed by atoms with E-state index in [2.05, 4.69) is 17.9 Å². The number of allylic oxidation sites excluding steroid dienone is 3. The molecule has 0 aromatic heterocycles. The number of carbonyl (C=O) groups excluding carboxylic acids is 1. The summed E-state index contributed by atoms with van der Waals surface area (Å²) in [5, 5.41) is 0. The van der Waals surface area contributed by atoms with Gasteiger partial charge in [-0.2, -0.15) is 0 Å². The number of carbonyl (C=O) groups is 1. The highest BCUT2D eigenvalue weighted by Crippen LogP contribution is 1.98. The van der Waals surface area contributed by atoms with Gasteiger partial charge in [-0.25, -0.2) is 0 Å². The Labute approximate surface area is 99.7 Å². The van der Waals surface area contributed by atoms with Crippen molar-refractivity contribution in [2.24, 2.45) is 0 Å². The molecule has 0 aliphatic carbocycles. The summed E-state index contributed by atoms with van der Waals surface area (Å²) < 4.78 is 4.62. The summed E-state index contributed by atoms with van der Waals surface area (Å²) in [6, 6.07) is 0. The number of ether oxygens (including phenoxy) is 1. The summed E-state index contributed by atoms with van der Waals surface area (Å²) in [4.78, 5) is 10.2. The normalized spacial score (nSPS) is 9.19. The molecule has 92 valence electrons. The van der Waals surface area contributed by atoms with Crippen molar-refractivity contribution < 1.29 is 9.53 Å². The second-order valence-electron chi connectivity index (χ2n) is 3.47. The molecule has 0 fully saturated rings. The monoisotopic (exact) mass is 224 g/mol. The molecular weight excluding hydrogens is 200 g/mol. The molecule has 0 atom stereocenters. The summed E-state index contributed by atoms with van der Waals surface area (Å²) in [5.74, 6) is -0.226. The third-order valence-electron chi connectivity index (χ3n) is 1.56. The second-order valence-corrected chi connectivity index (χ2v) is 3.47. The Morgan fingerprint density at radius 3 is 2.25 bits per heavy atom. The lowest BCUT2D eigenvalue weighted by molar-refractivity contribution is -0.139. The average molecular weight is 224 g/mol. The molecule has 0 aromatic rings. The van der Waals surface area contributed by atoms with E-state index in [1.165, 1.54) is 12.5 Å². The van der Waals surface area contributed by atoms with Gasteiger partial charge >= 0.3 is 5.97 Å². The Morgan fingerprint density at radius 2 is 1.94 bits per heavy atom. The molecule has 0 saturated carbocycles. The molecule has 16 heavy (non-hydrogen) atoms. The zero-order valence-corrected chi connectivity index (χ0v) is 10.8. The van der Waals surface area contributed by atoms with Crippen molar-refractivity contribution >= 4 is 5.97 Å². The molecule has 0 spiro atoms. The van der Waals surface area contributed by atoms with Crippen molar-refractivity contribution in [1.29, 1.82) is 0 Å². The first-order chi connectivity index (χ1) is 7.54. The topological polar surface area (TPSA) is 26.3 Å². The van der Waals surface area contributed by atoms with E-state index in [-0.39, 0.29) is 5.97 Å². The van der Waals surface area contributed by atoms with Gasteiger partial charge in [-0.05, 0) is 26.2 Å². The summed E-state index contributed by atoms with van der Waals surface area (Å²) in [7, 11) is 0. The van der Waals surface area contributed by atoms with Crippen LogP contribution in [0.1, 0.15) is 40.0 Å². The fourth-order valence-corrected chi connectivity index (χ4v) is 0.749. The van der Waals surface area contributed by atoms with Crippen molar-refractivity contribution in [3.8, 4) is 0 Å². The van der Waals surface area contributed by atoms with Crippen LogP contribution in [0.4, 0.5) is 0 Å². The predicted octanol–water partition coefficient (Wildman–Crippen LogP) is 4.04. The first kappa shape index (κ1) is 17.1. The Balaban J connectivity index is 0. The molecule has 0 bridgehead atoms. The van der Waals surface area contributed by atoms with Gasteiger partial charge in [-0.15, -0.1) is 13.2 Å². The molecule has 0 aliphatic rings. The maximum absolute atomic E-state index is 10.2. The zero-order valence-electron chi connectivity index (χ0n) is 10.8. The van der Waals surface area contributed by atoms with E-state index in [1.807, 2.05) is 32.1 Å². The Hall–Kier alpha value is -1.31. The van der Waals surface area contributed by atoms with Crippen LogP contribution in [0.5, 0.6) is 0 Å². The lowest BCUT2D eigenvalue weighted by atomic mass is 10.2. The lowest BCUT2D eigenvalue weighted by Crippen LogP contribution is -1.96. The van der Waals surface area contributed by atoms with Crippen LogP contribution in [0.3, 0.4) is 0 Å². The molecule has 0 unspecified atom stereocenters. The lowest BCUT2D eigenvalue weighted by Gasteiger charge is -1.92. The molecule has 0 N–H and O–H groups in total. The Morgan fingerprint density at radius 1 is 1.31 bits per heavy atom. The zero-order chi connectivity index (χ0) is 12.8. The summed E-state index contributed by atoms with van der Waals surface area (Å²) in [6.07, 6.45) is 8.85. The molecule has 2 heteroatoms. The van der Waals surface area contributed by atoms with Gasteiger partial charge in [0, 0.05) is 6.92 Å². The van der Waals surface area contributed by atoms with Crippen molar-refractivity contribution in [1.82, 2.24) is 0 Å². The molecule has 0 radical (unpaired) electrons. The first-order valence-electron chi connectivity index (χ1n) is 5.58. The summed E-state index contributed by atoms with van der Waals surface area (Å²) >= 11 is 0. The van der Waals surface area contributed by atoms with Gasteiger partial charge in [0.2, 0.25) is 0 Å². The van der Waals surface area contributed by atoms with Gasteiger partial charge in [0.05, 0.1) is 0 Å². The predicted molar refractivity (Wildman–Crippen MR) is 70.3 cm³/mol. The minimum Gasteiger partial charge on any atom is -0.462 e. The smallest absolute Gasteiger partial charge is 0.302 e. The second kappa shape index (κ2) is 13.7. The van der Waals surface area contributed by atoms with E-state index >= 15 is 0 Å². The molecule has 0 heterocycles. The van der Waals surface area contributed by atoms with Gasteiger partial charge in [-0.3, -0.25) is 4.79 Å². The Bertz CT molecular complexity index is 227. The van der Waals surface area contributed by atoms with Crippen LogP contribution < -0.4 is 0 Å². The van der Waals surface area contributed by atoms with Crippen LogP contribution in [0.15, 0.2) is 37.0 Å². The average Bonchev–Trinajstić information content (AvgIpc) is 2.22. The molecule has 0 aromatic carbocycles. The summed E-state index contributed by atoms with van der Waals surface area (Å²) in [6.45, 7) is 13.2. The van der Waals surface area contributed by atoms with Gasteiger partial charge in [0.25, 0.3) is 0 Å². The number of rotatable bonds is 6. The highest BCUT2D eigenvalue weighted by atomic mass is 16.5. The molecule has 2 nitrogen and oxygen atoms in total. The molecule has 0 aliphatic heterocycles. The fourth-order valence-electron chi connectivity index (χ4n) is 0.749. The van der Waals surface area contributed by atoms with Crippen LogP contribution in [0, 0.1) is 0 Å². The van der Waals surface area contributed by atoms with Crippen LogP contribution in [-0.2, 0) is 9.53 Å². The number of esters is 1. The third-order valence-corrected chi connectivity index (χ3v) is 1.56. The molecule has 0 saturated heterocycles. The van der Waals surface area contributed by atoms with E-state index < -0.39 is 0 Å². The van der Waals surface area contributed by atoms with Gasteiger partial charge in [-0.1, -0.05) is 30.7 Å². The van der Waals surface area contributed by atoms with Gasteiger partial charge < -0.3 is 4.74 Å². The first-order valence-corrected chi connectivity index (χ1v) is 5.58. The largest absolute Gasteiger partial charge is 0.462 e. The highest BCUT2D eigenvalue weighted by Gasteiger charge is 1.84. The van der Waals surface area contributed by atoms with E-state index in [4.69, 9.17) is 0 Å². The molecule has 0 rings (SSSR count). The van der Waals surface area contributed by atoms with Crippen molar-refractivity contribution in [3.05, 3.63) is 37.0 Å². The SMILES string of the molecule is C=CCCC(=C)C.CC/C=C\COC(C)=O. The van der Waals surface area contributed by atoms with E-state index in [1.54, 1.807) is 0 Å². The maximum atomic E-state index is 10.2. The molecular formula is C14H24O2. The van der Waals surface area contributed by atoms with Crippen molar-refractivity contribution in [2.45, 2.75) is 40.0 Å². The van der Waals surface area contributed by atoms with Crippen LogP contribution in [0.2, 0.25) is 0 Å². The molecule has 0 amide bonds. The summed E-state index contributed by atoms with van der Waals surface area (Å²) in [5.41, 5.74) is 1.24. The van der Waals surface area contributed by atoms with Crippen molar-refractivity contribution in [2.75, 3.05) is 6.61 Å². The van der Waals surface area contributed by atoms with Crippen molar-refractivity contribution in [3.63, 3.8) is 0 Å².